The van der Waals surface area contributed by atoms with Crippen LogP contribution in [0.1, 0.15) is 183 Å². The van der Waals surface area contributed by atoms with Crippen molar-refractivity contribution >= 4 is 11.0 Å². The molecule has 67 heavy (non-hydrogen) atoms. The maximum absolute atomic E-state index is 12.4. The fourth-order valence-electron chi connectivity index (χ4n) is 8.68. The van der Waals surface area contributed by atoms with Gasteiger partial charge in [-0.25, -0.2) is 4.98 Å². The van der Waals surface area contributed by atoms with Crippen LogP contribution < -0.4 is 0 Å². The highest BCUT2D eigenvalue weighted by Gasteiger charge is 2.26. The van der Waals surface area contributed by atoms with Crippen molar-refractivity contribution < 1.29 is 28.4 Å². The van der Waals surface area contributed by atoms with Crippen LogP contribution in [0.2, 0.25) is 0 Å². The molecule has 0 aliphatic rings. The number of phenolic OH excluding ortho intramolecular Hbond substituents is 1. The predicted octanol–water partition coefficient (Wildman–Crippen LogP) is 17.9. The molecule has 1 N–H and O–H groups in total. The highest BCUT2D eigenvalue weighted by Crippen LogP contribution is 2.45. The Bertz CT molecular complexity index is 3880. The van der Waals surface area contributed by atoms with Crippen molar-refractivity contribution in [1.82, 2.24) is 14.5 Å². The van der Waals surface area contributed by atoms with E-state index in [9.17, 15) is 14.7 Å². The molecule has 4 heteroatoms. The van der Waals surface area contributed by atoms with Crippen LogP contribution in [0.5, 0.6) is 5.75 Å². The lowest BCUT2D eigenvalue weighted by Gasteiger charge is -2.22. The smallest absolute Gasteiger partial charge is 0.149 e. The van der Waals surface area contributed by atoms with Crippen molar-refractivity contribution in [2.45, 2.75) is 138 Å². The summed E-state index contributed by atoms with van der Waals surface area (Å²) >= 11 is 0. The van der Waals surface area contributed by atoms with E-state index < -0.39 is 96.4 Å². The largest absolute Gasteiger partial charge is 0.507 e. The fraction of sp³-hybridized carbons (Fsp3) is 0.333. The van der Waals surface area contributed by atoms with Crippen molar-refractivity contribution in [3.63, 3.8) is 0 Å². The second kappa shape index (κ2) is 18.1. The van der Waals surface area contributed by atoms with E-state index in [4.69, 9.17) is 18.7 Å². The molecule has 6 aromatic carbocycles. The second-order valence-electron chi connectivity index (χ2n) is 20.0. The summed E-state index contributed by atoms with van der Waals surface area (Å²) in [5, 5.41) is 12.4. The molecule has 0 saturated carbocycles. The molecule has 0 saturated heterocycles. The van der Waals surface area contributed by atoms with E-state index >= 15 is 0 Å². The summed E-state index contributed by atoms with van der Waals surface area (Å²) in [6.07, 6.45) is -0.687. The van der Waals surface area contributed by atoms with Gasteiger partial charge in [-0.05, 0) is 157 Å². The number of benzene rings is 6. The number of hydrogen-bond donors (Lipinski definition) is 1. The molecular formula is C63H71N3O. The molecule has 0 radical (unpaired) electrons. The third-order valence-electron chi connectivity index (χ3n) is 12.5. The molecule has 8 rings (SSSR count). The molecule has 0 bridgehead atoms. The van der Waals surface area contributed by atoms with E-state index in [1.165, 1.54) is 0 Å². The van der Waals surface area contributed by atoms with Gasteiger partial charge in [-0.15, -0.1) is 0 Å². The first-order valence-electron chi connectivity index (χ1n) is 31.5. The van der Waals surface area contributed by atoms with Crippen LogP contribution in [0.15, 0.2) is 127 Å². The van der Waals surface area contributed by atoms with Gasteiger partial charge in [0.15, 0.2) is 0 Å². The maximum atomic E-state index is 12.4. The Morgan fingerprint density at radius 2 is 1.33 bits per heavy atom. The molecule has 8 aromatic rings. The summed E-state index contributed by atoms with van der Waals surface area (Å²) in [5.41, 5.74) is 2.47. The fourth-order valence-corrected chi connectivity index (χ4v) is 8.68. The zero-order valence-electron chi connectivity index (χ0n) is 57.6. The Hall–Kier alpha value is -6.26. The summed E-state index contributed by atoms with van der Waals surface area (Å²) in [7, 11) is 0. The number of rotatable bonds is 10. The number of nitrogens with zero attached hydrogens (tertiary/aromatic N) is 3. The van der Waals surface area contributed by atoms with Gasteiger partial charge in [-0.2, -0.15) is 0 Å². The Morgan fingerprint density at radius 1 is 0.627 bits per heavy atom. The van der Waals surface area contributed by atoms with Crippen molar-refractivity contribution in [3.05, 3.63) is 166 Å². The molecule has 0 atom stereocenters. The van der Waals surface area contributed by atoms with Crippen LogP contribution in [0.4, 0.5) is 0 Å². The van der Waals surface area contributed by atoms with Gasteiger partial charge in [0.25, 0.3) is 0 Å². The normalized spacial score (nSPS) is 16.8. The van der Waals surface area contributed by atoms with E-state index in [1.807, 2.05) is 103 Å². The first kappa shape index (κ1) is 30.2. The number of aromatic nitrogens is 3. The number of aryl methyl sites for hydroxylation is 1. The van der Waals surface area contributed by atoms with Crippen LogP contribution in [-0.4, -0.2) is 19.6 Å². The Morgan fingerprint density at radius 3 is 1.99 bits per heavy atom. The van der Waals surface area contributed by atoms with Gasteiger partial charge in [-0.3, -0.25) is 9.55 Å². The van der Waals surface area contributed by atoms with Gasteiger partial charge >= 0.3 is 0 Å². The highest BCUT2D eigenvalue weighted by atomic mass is 16.3. The van der Waals surface area contributed by atoms with Gasteiger partial charge in [0.1, 0.15) is 11.6 Å². The lowest BCUT2D eigenvalue weighted by Crippen LogP contribution is -2.11. The van der Waals surface area contributed by atoms with Crippen LogP contribution >= 0.6 is 0 Å². The van der Waals surface area contributed by atoms with E-state index in [2.05, 4.69) is 18.8 Å². The van der Waals surface area contributed by atoms with Crippen LogP contribution in [0.3, 0.4) is 0 Å². The number of aromatic hydroxyl groups is 1. The van der Waals surface area contributed by atoms with Crippen LogP contribution in [0.25, 0.3) is 72.7 Å². The molecule has 0 unspecified atom stereocenters. The summed E-state index contributed by atoms with van der Waals surface area (Å²) in [6.45, 7) is 13.1. The van der Waals surface area contributed by atoms with Crippen LogP contribution in [-0.2, 0) is 10.8 Å². The standard InChI is InChI=1S/C63H71N3O/c1-37(2)45-34-53(40(7)8)60(67)54(35-45)61-65-59-52(20-17-21-57(59)66(61)56-27-24-44(30-41(56)9)58-50(38(3)4)18-16-19-51(58)39(5)6)46-31-47(33-49(32-46)63(13,14)15)55-36-43(28-29-64-55)42-22-25-48(26-23-42)62(10,11)12/h16-40,67H,1-15H3/i9D3,10D3,11D3,22D,23D,25D,26D,28D,29D,36D,38D. The van der Waals surface area contributed by atoms with E-state index in [0.717, 1.165) is 29.2 Å². The summed E-state index contributed by atoms with van der Waals surface area (Å²) in [5.74, 6) is -0.927. The number of pyridine rings is 1. The predicted molar refractivity (Wildman–Crippen MR) is 286 cm³/mol. The van der Waals surface area contributed by atoms with Crippen molar-refractivity contribution in [1.29, 1.82) is 0 Å². The molecular weight excluding hydrogens is 815 g/mol. The van der Waals surface area contributed by atoms with Gasteiger partial charge in [0.05, 0.1) is 37.6 Å². The lowest BCUT2D eigenvalue weighted by molar-refractivity contribution is 0.466. The maximum Gasteiger partial charge on any atom is 0.149 e. The van der Waals surface area contributed by atoms with Crippen molar-refractivity contribution in [2.75, 3.05) is 0 Å². The summed E-state index contributed by atoms with van der Waals surface area (Å²) in [4.78, 5) is 9.84. The number of fused-ring (bicyclic) bond motifs is 1. The third-order valence-corrected chi connectivity index (χ3v) is 12.5. The number of para-hydroxylation sites is 1. The molecule has 0 fully saturated rings. The highest BCUT2D eigenvalue weighted by molar-refractivity contribution is 5.97. The molecule has 0 amide bonds. The van der Waals surface area contributed by atoms with Crippen LogP contribution in [0, 0.1) is 6.85 Å². The minimum absolute atomic E-state index is 0.00675. The summed E-state index contributed by atoms with van der Waals surface area (Å²) in [6, 6.07) is 20.8. The SMILES string of the molecule is [2H]c1nc(-c2cc(-c3cccc4c3nc(-c3cc(C(C)C)cc(C(C)C)c3O)n4-c3ccc(-c4c(C(C)C)cccc4C([2H])(C)C)cc3C([2H])([2H])[2H])cc(C(C)(C)C)c2)c([2H])c(-c2c([2H])c([2H])c(C(C)(C([2H])([2H])[2H])C([2H])([2H])[2H])c([2H])c2[2H])c1[2H]. The summed E-state index contributed by atoms with van der Waals surface area (Å²) < 4.78 is 152. The molecule has 4 nitrogen and oxygen atoms in total. The average molecular weight is 903 g/mol. The van der Waals surface area contributed by atoms with E-state index in [1.54, 1.807) is 48.7 Å². The van der Waals surface area contributed by atoms with Gasteiger partial charge in [0, 0.05) is 31.0 Å². The quantitative estimate of drug-likeness (QED) is 0.149. The first-order valence-corrected chi connectivity index (χ1v) is 23.0. The topological polar surface area (TPSA) is 50.9 Å². The lowest BCUT2D eigenvalue weighted by atomic mass is 9.83. The van der Waals surface area contributed by atoms with E-state index in [0.29, 0.717) is 44.4 Å². The molecule has 0 aliphatic carbocycles. The molecule has 0 spiro atoms. The first-order chi connectivity index (χ1) is 38.6. The zero-order chi connectivity index (χ0) is 62.8. The Labute approximate surface area is 425 Å². The Kier molecular flexibility index (Phi) is 8.15. The van der Waals surface area contributed by atoms with E-state index in [-0.39, 0.29) is 51.8 Å². The molecule has 2 heterocycles. The van der Waals surface area contributed by atoms with Gasteiger partial charge in [-0.1, -0.05) is 169 Å². The second-order valence-corrected chi connectivity index (χ2v) is 20.0. The molecule has 344 valence electrons. The monoisotopic (exact) mass is 903 g/mol. The molecule has 0 aliphatic heterocycles. The van der Waals surface area contributed by atoms with Gasteiger partial charge in [0.2, 0.25) is 0 Å². The number of phenols is 1. The minimum atomic E-state index is -3.33. The zero-order valence-corrected chi connectivity index (χ0v) is 40.6. The minimum Gasteiger partial charge on any atom is -0.507 e. The van der Waals surface area contributed by atoms with Gasteiger partial charge < -0.3 is 5.11 Å². The average Bonchev–Trinajstić information content (AvgIpc) is 1.16. The Balaban J connectivity index is 1.47. The number of hydrogen-bond acceptors (Lipinski definition) is 3. The van der Waals surface area contributed by atoms with Crippen molar-refractivity contribution in [2.24, 2.45) is 0 Å². The number of imidazole rings is 1. The van der Waals surface area contributed by atoms with Crippen molar-refractivity contribution in [3.8, 4) is 67.5 Å². The third kappa shape index (κ3) is 9.25. The molecule has 2 aromatic heterocycles.